The van der Waals surface area contributed by atoms with Crippen molar-refractivity contribution >= 4 is 27.5 Å². The zero-order chi connectivity index (χ0) is 13.8. The first-order valence-corrected chi connectivity index (χ1v) is 6.79. The van der Waals surface area contributed by atoms with Gasteiger partial charge in [-0.1, -0.05) is 17.7 Å². The smallest absolute Gasteiger partial charge is 0.129 e. The summed E-state index contributed by atoms with van der Waals surface area (Å²) in [5.41, 5.74) is 3.74. The molecule has 1 unspecified atom stereocenters. The molecule has 1 aromatic heterocycles. The Labute approximate surface area is 124 Å². The molecule has 2 rings (SSSR count). The van der Waals surface area contributed by atoms with Gasteiger partial charge in [-0.05, 0) is 40.2 Å². The van der Waals surface area contributed by atoms with Crippen molar-refractivity contribution in [1.82, 2.24) is 10.4 Å². The van der Waals surface area contributed by atoms with Gasteiger partial charge in [0.1, 0.15) is 5.82 Å². The van der Waals surface area contributed by atoms with Crippen LogP contribution in [0.4, 0.5) is 4.39 Å². The topological polar surface area (TPSA) is 50.9 Å². The number of halogens is 3. The molecule has 0 spiro atoms. The zero-order valence-corrected chi connectivity index (χ0v) is 12.2. The highest BCUT2D eigenvalue weighted by atomic mass is 79.9. The minimum atomic E-state index is -0.428. The highest BCUT2D eigenvalue weighted by Crippen LogP contribution is 2.27. The van der Waals surface area contributed by atoms with E-state index in [-0.39, 0.29) is 5.82 Å². The molecule has 0 amide bonds. The maximum atomic E-state index is 13.8. The number of aromatic nitrogens is 1. The molecule has 1 heterocycles. The van der Waals surface area contributed by atoms with E-state index in [0.717, 1.165) is 10.2 Å². The van der Waals surface area contributed by atoms with Crippen LogP contribution in [0.2, 0.25) is 5.02 Å². The molecule has 19 heavy (non-hydrogen) atoms. The summed E-state index contributed by atoms with van der Waals surface area (Å²) in [7, 11) is 0. The number of pyridine rings is 1. The van der Waals surface area contributed by atoms with Crippen molar-refractivity contribution in [3.05, 3.63) is 63.1 Å². The van der Waals surface area contributed by atoms with E-state index in [0.29, 0.717) is 17.0 Å². The number of nitrogens with zero attached hydrogens (tertiary/aromatic N) is 1. The molecule has 0 saturated carbocycles. The van der Waals surface area contributed by atoms with E-state index >= 15 is 0 Å². The molecule has 0 fully saturated rings. The first kappa shape index (κ1) is 14.4. The average molecular weight is 345 g/mol. The predicted octanol–water partition coefficient (Wildman–Crippen LogP) is 3.38. The quantitative estimate of drug-likeness (QED) is 0.660. The van der Waals surface area contributed by atoms with Crippen LogP contribution in [-0.2, 0) is 6.42 Å². The third kappa shape index (κ3) is 3.51. The van der Waals surface area contributed by atoms with Crippen molar-refractivity contribution in [2.24, 2.45) is 5.84 Å². The number of benzene rings is 1. The molecule has 0 aliphatic carbocycles. The summed E-state index contributed by atoms with van der Waals surface area (Å²) in [5.74, 6) is 5.13. The molecule has 0 aliphatic rings. The SMILES string of the molecule is NNC(Cc1ccc(Br)cn1)c1c(F)cccc1Cl. The molecule has 6 heteroatoms. The van der Waals surface area contributed by atoms with Gasteiger partial charge in [0.25, 0.3) is 0 Å². The molecule has 100 valence electrons. The Kier molecular flexibility index (Phi) is 4.87. The second kappa shape index (κ2) is 6.43. The lowest BCUT2D eigenvalue weighted by molar-refractivity contribution is 0.507. The molecule has 0 bridgehead atoms. The normalized spacial score (nSPS) is 12.4. The minimum absolute atomic E-state index is 0.347. The van der Waals surface area contributed by atoms with Gasteiger partial charge in [0.2, 0.25) is 0 Å². The molecule has 3 nitrogen and oxygen atoms in total. The summed E-state index contributed by atoms with van der Waals surface area (Å²) in [4.78, 5) is 4.24. The predicted molar refractivity (Wildman–Crippen MR) is 77.1 cm³/mol. The minimum Gasteiger partial charge on any atom is -0.271 e. The third-order valence-corrected chi connectivity index (χ3v) is 3.55. The highest BCUT2D eigenvalue weighted by Gasteiger charge is 2.18. The number of hydrogen-bond acceptors (Lipinski definition) is 3. The number of rotatable bonds is 4. The van der Waals surface area contributed by atoms with Gasteiger partial charge in [-0.15, -0.1) is 0 Å². The van der Waals surface area contributed by atoms with E-state index in [1.807, 2.05) is 12.1 Å². The first-order chi connectivity index (χ1) is 9.11. The maximum Gasteiger partial charge on any atom is 0.129 e. The van der Waals surface area contributed by atoms with E-state index in [1.54, 1.807) is 18.3 Å². The van der Waals surface area contributed by atoms with Crippen molar-refractivity contribution in [2.75, 3.05) is 0 Å². The van der Waals surface area contributed by atoms with Crippen LogP contribution in [0.5, 0.6) is 0 Å². The van der Waals surface area contributed by atoms with Gasteiger partial charge in [0.05, 0.1) is 6.04 Å². The Morgan fingerprint density at radius 3 is 2.74 bits per heavy atom. The monoisotopic (exact) mass is 343 g/mol. The molecular weight excluding hydrogens is 333 g/mol. The lowest BCUT2D eigenvalue weighted by Gasteiger charge is -2.18. The Morgan fingerprint density at radius 2 is 2.16 bits per heavy atom. The van der Waals surface area contributed by atoms with Crippen LogP contribution >= 0.6 is 27.5 Å². The summed E-state index contributed by atoms with van der Waals surface area (Å²) >= 11 is 9.34. The second-order valence-electron chi connectivity index (χ2n) is 4.03. The molecule has 0 saturated heterocycles. The van der Waals surface area contributed by atoms with Gasteiger partial charge in [0, 0.05) is 33.4 Å². The molecular formula is C13H12BrClFN3. The zero-order valence-electron chi connectivity index (χ0n) is 9.91. The Morgan fingerprint density at radius 1 is 1.37 bits per heavy atom. The summed E-state index contributed by atoms with van der Waals surface area (Å²) < 4.78 is 14.7. The lowest BCUT2D eigenvalue weighted by Crippen LogP contribution is -2.30. The van der Waals surface area contributed by atoms with Crippen LogP contribution in [0.25, 0.3) is 0 Å². The second-order valence-corrected chi connectivity index (χ2v) is 5.35. The standard InChI is InChI=1S/C13H12BrClFN3/c14-8-4-5-9(18-7-8)6-12(19-17)13-10(15)2-1-3-11(13)16/h1-5,7,12,19H,6,17H2. The molecule has 1 atom stereocenters. The van der Waals surface area contributed by atoms with Gasteiger partial charge in [0.15, 0.2) is 0 Å². The fraction of sp³-hybridized carbons (Fsp3) is 0.154. The summed E-state index contributed by atoms with van der Waals surface area (Å²) in [6.07, 6.45) is 2.14. The van der Waals surface area contributed by atoms with Crippen LogP contribution < -0.4 is 11.3 Å². The molecule has 1 aromatic carbocycles. The third-order valence-electron chi connectivity index (χ3n) is 2.75. The van der Waals surface area contributed by atoms with Crippen LogP contribution in [-0.4, -0.2) is 4.98 Å². The molecule has 2 aromatic rings. The van der Waals surface area contributed by atoms with Gasteiger partial charge in [-0.3, -0.25) is 16.3 Å². The number of hydrazine groups is 1. The van der Waals surface area contributed by atoms with Gasteiger partial charge in [-0.25, -0.2) is 4.39 Å². The largest absolute Gasteiger partial charge is 0.271 e. The van der Waals surface area contributed by atoms with E-state index < -0.39 is 6.04 Å². The molecule has 0 aliphatic heterocycles. The van der Waals surface area contributed by atoms with Crippen molar-refractivity contribution in [3.63, 3.8) is 0 Å². The lowest BCUT2D eigenvalue weighted by atomic mass is 10.0. The first-order valence-electron chi connectivity index (χ1n) is 5.62. The van der Waals surface area contributed by atoms with Crippen LogP contribution in [0.15, 0.2) is 41.0 Å². The van der Waals surface area contributed by atoms with Crippen molar-refractivity contribution in [2.45, 2.75) is 12.5 Å². The fourth-order valence-electron chi connectivity index (χ4n) is 1.82. The highest BCUT2D eigenvalue weighted by molar-refractivity contribution is 9.10. The Bertz CT molecular complexity index is 542. The molecule has 3 N–H and O–H groups in total. The van der Waals surface area contributed by atoms with E-state index in [1.165, 1.54) is 6.07 Å². The number of nitrogens with two attached hydrogens (primary N) is 1. The summed E-state index contributed by atoms with van der Waals surface area (Å²) in [6.45, 7) is 0. The van der Waals surface area contributed by atoms with Crippen molar-refractivity contribution in [1.29, 1.82) is 0 Å². The fourth-order valence-corrected chi connectivity index (χ4v) is 2.35. The van der Waals surface area contributed by atoms with Crippen molar-refractivity contribution < 1.29 is 4.39 Å². The van der Waals surface area contributed by atoms with Crippen molar-refractivity contribution in [3.8, 4) is 0 Å². The van der Waals surface area contributed by atoms with E-state index in [2.05, 4.69) is 26.3 Å². The van der Waals surface area contributed by atoms with Crippen LogP contribution in [0.1, 0.15) is 17.3 Å². The summed E-state index contributed by atoms with van der Waals surface area (Å²) in [5, 5.41) is 0.347. The van der Waals surface area contributed by atoms with Gasteiger partial charge >= 0.3 is 0 Å². The van der Waals surface area contributed by atoms with Gasteiger partial charge in [-0.2, -0.15) is 0 Å². The van der Waals surface area contributed by atoms with Crippen LogP contribution in [0, 0.1) is 5.82 Å². The van der Waals surface area contributed by atoms with E-state index in [4.69, 9.17) is 17.4 Å². The summed E-state index contributed by atoms with van der Waals surface area (Å²) in [6, 6.07) is 7.86. The Balaban J connectivity index is 2.27. The van der Waals surface area contributed by atoms with Gasteiger partial charge < -0.3 is 0 Å². The van der Waals surface area contributed by atoms with Crippen LogP contribution in [0.3, 0.4) is 0 Å². The molecule has 0 radical (unpaired) electrons. The average Bonchev–Trinajstić information content (AvgIpc) is 2.39. The maximum absolute atomic E-state index is 13.8. The number of hydrogen-bond donors (Lipinski definition) is 2. The Hall–Kier alpha value is -1.01. The number of nitrogens with one attached hydrogen (secondary N) is 1. The van der Waals surface area contributed by atoms with E-state index in [9.17, 15) is 4.39 Å².